The second-order valence-electron chi connectivity index (χ2n) is 6.59. The van der Waals surface area contributed by atoms with E-state index >= 15 is 0 Å². The number of Topliss-reactive ketones (excluding diaryl/α,β-unsaturated/α-hetero) is 1. The summed E-state index contributed by atoms with van der Waals surface area (Å²) in [5, 5.41) is 0. The van der Waals surface area contributed by atoms with E-state index in [1.165, 1.54) is 57.8 Å². The van der Waals surface area contributed by atoms with Crippen LogP contribution in [0.25, 0.3) is 0 Å². The van der Waals surface area contributed by atoms with Gasteiger partial charge in [0.15, 0.2) is 5.78 Å². The molecule has 0 aromatic rings. The fourth-order valence-corrected chi connectivity index (χ4v) is 3.15. The number of hydrogen-bond donors (Lipinski definition) is 0. The Labute approximate surface area is 125 Å². The molecule has 0 aliphatic heterocycles. The molecule has 2 nitrogen and oxygen atoms in total. The van der Waals surface area contributed by atoms with Crippen molar-refractivity contribution in [2.75, 3.05) is 13.2 Å². The fraction of sp³-hybridized carbons (Fsp3) is 0.944. The first-order valence-corrected chi connectivity index (χ1v) is 8.83. The van der Waals surface area contributed by atoms with Crippen LogP contribution in [0.1, 0.15) is 84.5 Å². The normalized spacial score (nSPS) is 22.3. The van der Waals surface area contributed by atoms with Crippen LogP contribution in [-0.4, -0.2) is 19.0 Å². The van der Waals surface area contributed by atoms with Crippen molar-refractivity contribution < 1.29 is 9.53 Å². The highest BCUT2D eigenvalue weighted by Crippen LogP contribution is 2.31. The van der Waals surface area contributed by atoms with Gasteiger partial charge in [0.2, 0.25) is 0 Å². The second-order valence-corrected chi connectivity index (χ2v) is 6.59. The zero-order valence-corrected chi connectivity index (χ0v) is 13.7. The maximum absolute atomic E-state index is 11.7. The Morgan fingerprint density at radius 3 is 2.40 bits per heavy atom. The van der Waals surface area contributed by atoms with Crippen LogP contribution in [0.2, 0.25) is 0 Å². The first-order valence-electron chi connectivity index (χ1n) is 8.83. The van der Waals surface area contributed by atoms with Gasteiger partial charge in [-0.3, -0.25) is 4.79 Å². The van der Waals surface area contributed by atoms with E-state index in [4.69, 9.17) is 4.74 Å². The van der Waals surface area contributed by atoms with E-state index in [0.717, 1.165) is 18.9 Å². The van der Waals surface area contributed by atoms with Gasteiger partial charge in [0, 0.05) is 6.42 Å². The molecule has 0 aromatic carbocycles. The average molecular weight is 282 g/mol. The molecule has 0 spiro atoms. The van der Waals surface area contributed by atoms with Crippen LogP contribution in [0.4, 0.5) is 0 Å². The third kappa shape index (κ3) is 8.04. The van der Waals surface area contributed by atoms with Gasteiger partial charge in [0.1, 0.15) is 6.61 Å². The van der Waals surface area contributed by atoms with Crippen molar-refractivity contribution in [3.05, 3.63) is 0 Å². The molecule has 0 saturated heterocycles. The van der Waals surface area contributed by atoms with Crippen molar-refractivity contribution in [2.24, 2.45) is 11.8 Å². The number of hydrogen-bond acceptors (Lipinski definition) is 2. The first-order chi connectivity index (χ1) is 9.74. The molecule has 1 saturated carbocycles. The van der Waals surface area contributed by atoms with E-state index in [0.29, 0.717) is 24.7 Å². The molecule has 1 fully saturated rings. The molecule has 2 unspecified atom stereocenters. The van der Waals surface area contributed by atoms with Gasteiger partial charge in [-0.1, -0.05) is 65.2 Å². The molecule has 0 aromatic heterocycles. The number of rotatable bonds is 12. The third-order valence-corrected chi connectivity index (χ3v) is 4.69. The smallest absolute Gasteiger partial charge is 0.158 e. The summed E-state index contributed by atoms with van der Waals surface area (Å²) < 4.78 is 5.61. The van der Waals surface area contributed by atoms with Crippen LogP contribution in [0, 0.1) is 11.8 Å². The standard InChI is InChI=1S/C18H34O2/c1-3-4-5-6-7-8-9-13-18(19)15-20-14-17-12-10-11-16(17)2/h16-17H,3-15H2,1-2H3. The van der Waals surface area contributed by atoms with Gasteiger partial charge in [0.25, 0.3) is 0 Å². The number of ketones is 1. The van der Waals surface area contributed by atoms with E-state index in [1.807, 2.05) is 0 Å². The van der Waals surface area contributed by atoms with E-state index < -0.39 is 0 Å². The first kappa shape index (κ1) is 17.7. The Balaban J connectivity index is 1.87. The van der Waals surface area contributed by atoms with Crippen LogP contribution in [-0.2, 0) is 9.53 Å². The minimum atomic E-state index is 0.296. The van der Waals surface area contributed by atoms with E-state index in [9.17, 15) is 4.79 Å². The minimum absolute atomic E-state index is 0.296. The highest BCUT2D eigenvalue weighted by atomic mass is 16.5. The Morgan fingerprint density at radius 1 is 1.05 bits per heavy atom. The fourth-order valence-electron chi connectivity index (χ4n) is 3.15. The minimum Gasteiger partial charge on any atom is -0.373 e. The van der Waals surface area contributed by atoms with Crippen molar-refractivity contribution in [1.29, 1.82) is 0 Å². The predicted octanol–water partition coefficient (Wildman–Crippen LogP) is 5.15. The largest absolute Gasteiger partial charge is 0.373 e. The van der Waals surface area contributed by atoms with Crippen molar-refractivity contribution >= 4 is 5.78 Å². The Hall–Kier alpha value is -0.370. The molecule has 1 aliphatic carbocycles. The summed E-state index contributed by atoms with van der Waals surface area (Å²) >= 11 is 0. The quantitative estimate of drug-likeness (QED) is 0.463. The Kier molecular flexibility index (Phi) is 10.00. The Bertz CT molecular complexity index is 250. The highest BCUT2D eigenvalue weighted by Gasteiger charge is 2.23. The van der Waals surface area contributed by atoms with Crippen LogP contribution in [0.5, 0.6) is 0 Å². The monoisotopic (exact) mass is 282 g/mol. The number of carbonyl (C=O) groups is 1. The maximum Gasteiger partial charge on any atom is 0.158 e. The summed E-state index contributed by atoms with van der Waals surface area (Å²) in [7, 11) is 0. The van der Waals surface area contributed by atoms with Gasteiger partial charge in [-0.25, -0.2) is 0 Å². The molecule has 0 heterocycles. The lowest BCUT2D eigenvalue weighted by molar-refractivity contribution is -0.124. The predicted molar refractivity (Wildman–Crippen MR) is 84.9 cm³/mol. The molecule has 2 heteroatoms. The van der Waals surface area contributed by atoms with Gasteiger partial charge >= 0.3 is 0 Å². The third-order valence-electron chi connectivity index (χ3n) is 4.69. The van der Waals surface area contributed by atoms with Gasteiger partial charge in [-0.2, -0.15) is 0 Å². The van der Waals surface area contributed by atoms with E-state index in [-0.39, 0.29) is 0 Å². The molecular formula is C18H34O2. The second kappa shape index (κ2) is 11.3. The average Bonchev–Trinajstić information content (AvgIpc) is 2.83. The topological polar surface area (TPSA) is 26.3 Å². The lowest BCUT2D eigenvalue weighted by Gasteiger charge is -2.14. The summed E-state index contributed by atoms with van der Waals surface area (Å²) in [5.41, 5.74) is 0. The molecule has 0 bridgehead atoms. The van der Waals surface area contributed by atoms with Gasteiger partial charge in [-0.15, -0.1) is 0 Å². The molecule has 0 amide bonds. The molecule has 0 radical (unpaired) electrons. The van der Waals surface area contributed by atoms with Crippen molar-refractivity contribution in [3.63, 3.8) is 0 Å². The molecule has 20 heavy (non-hydrogen) atoms. The number of ether oxygens (including phenoxy) is 1. The van der Waals surface area contributed by atoms with Crippen LogP contribution in [0.15, 0.2) is 0 Å². The molecular weight excluding hydrogens is 248 g/mol. The van der Waals surface area contributed by atoms with Gasteiger partial charge in [0.05, 0.1) is 6.61 Å². The zero-order chi connectivity index (χ0) is 14.6. The van der Waals surface area contributed by atoms with Crippen molar-refractivity contribution in [1.82, 2.24) is 0 Å². The van der Waals surface area contributed by atoms with E-state index in [1.54, 1.807) is 0 Å². The Morgan fingerprint density at radius 2 is 1.75 bits per heavy atom. The van der Waals surface area contributed by atoms with Gasteiger partial charge < -0.3 is 4.74 Å². The highest BCUT2D eigenvalue weighted by molar-refractivity contribution is 5.79. The number of unbranched alkanes of at least 4 members (excludes halogenated alkanes) is 6. The maximum atomic E-state index is 11.7. The summed E-state index contributed by atoms with van der Waals surface area (Å²) in [6.45, 7) is 5.69. The van der Waals surface area contributed by atoms with E-state index in [2.05, 4.69) is 13.8 Å². The summed E-state index contributed by atoms with van der Waals surface area (Å²) in [5.74, 6) is 1.78. The summed E-state index contributed by atoms with van der Waals surface area (Å²) in [6, 6.07) is 0. The van der Waals surface area contributed by atoms with Crippen molar-refractivity contribution in [3.8, 4) is 0 Å². The zero-order valence-electron chi connectivity index (χ0n) is 13.7. The molecule has 2 atom stereocenters. The summed E-state index contributed by atoms with van der Waals surface area (Å²) in [6.07, 6.45) is 13.5. The van der Waals surface area contributed by atoms with Crippen LogP contribution < -0.4 is 0 Å². The van der Waals surface area contributed by atoms with Crippen LogP contribution in [0.3, 0.4) is 0 Å². The SMILES string of the molecule is CCCCCCCCCC(=O)COCC1CCCC1C. The molecule has 1 rings (SSSR count). The number of carbonyl (C=O) groups excluding carboxylic acids is 1. The lowest BCUT2D eigenvalue weighted by atomic mass is 9.99. The molecule has 118 valence electrons. The molecule has 0 N–H and O–H groups in total. The van der Waals surface area contributed by atoms with Crippen molar-refractivity contribution in [2.45, 2.75) is 84.5 Å². The molecule has 1 aliphatic rings. The summed E-state index contributed by atoms with van der Waals surface area (Å²) in [4.78, 5) is 11.7. The lowest BCUT2D eigenvalue weighted by Crippen LogP contribution is -2.16. The van der Waals surface area contributed by atoms with Gasteiger partial charge in [-0.05, 0) is 24.7 Å². The van der Waals surface area contributed by atoms with Crippen LogP contribution >= 0.6 is 0 Å².